The highest BCUT2D eigenvalue weighted by atomic mass is 19.1. The van der Waals surface area contributed by atoms with Crippen molar-refractivity contribution in [3.8, 4) is 0 Å². The topological polar surface area (TPSA) is 38.3 Å². The molecule has 112 valence electrons. The molecular formula is C16H24FNO2. The average Bonchev–Trinajstić information content (AvgIpc) is 2.45. The first-order chi connectivity index (χ1) is 9.67. The van der Waals surface area contributed by atoms with Gasteiger partial charge in [-0.25, -0.2) is 4.39 Å². The van der Waals surface area contributed by atoms with E-state index in [-0.39, 0.29) is 17.6 Å². The van der Waals surface area contributed by atoms with Gasteiger partial charge in [0.05, 0.1) is 0 Å². The van der Waals surface area contributed by atoms with Crippen LogP contribution in [0.15, 0.2) is 24.3 Å². The third-order valence-electron chi connectivity index (χ3n) is 3.36. The Balaban J connectivity index is 2.36. The zero-order valence-corrected chi connectivity index (χ0v) is 12.3. The highest BCUT2D eigenvalue weighted by molar-refractivity contribution is 5.76. The third-order valence-corrected chi connectivity index (χ3v) is 3.36. The van der Waals surface area contributed by atoms with E-state index in [1.165, 1.54) is 12.1 Å². The van der Waals surface area contributed by atoms with Crippen LogP contribution in [-0.4, -0.2) is 26.2 Å². The van der Waals surface area contributed by atoms with E-state index >= 15 is 0 Å². The highest BCUT2D eigenvalue weighted by Crippen LogP contribution is 2.23. The van der Waals surface area contributed by atoms with Crippen molar-refractivity contribution in [1.82, 2.24) is 5.32 Å². The minimum Gasteiger partial charge on any atom is -0.385 e. The maximum absolute atomic E-state index is 12.9. The molecule has 0 radical (unpaired) electrons. The van der Waals surface area contributed by atoms with Crippen LogP contribution in [0.3, 0.4) is 0 Å². The Morgan fingerprint density at radius 2 is 2.00 bits per heavy atom. The van der Waals surface area contributed by atoms with Gasteiger partial charge >= 0.3 is 0 Å². The Morgan fingerprint density at radius 3 is 2.60 bits per heavy atom. The van der Waals surface area contributed by atoms with Crippen molar-refractivity contribution < 1.29 is 13.9 Å². The average molecular weight is 281 g/mol. The maximum Gasteiger partial charge on any atom is 0.220 e. The first kappa shape index (κ1) is 16.6. The molecule has 20 heavy (non-hydrogen) atoms. The zero-order valence-electron chi connectivity index (χ0n) is 12.3. The summed E-state index contributed by atoms with van der Waals surface area (Å²) in [7, 11) is 1.67. The number of hydrogen-bond donors (Lipinski definition) is 1. The maximum atomic E-state index is 12.9. The van der Waals surface area contributed by atoms with Gasteiger partial charge in [0.25, 0.3) is 0 Å². The fourth-order valence-corrected chi connectivity index (χ4v) is 2.13. The lowest BCUT2D eigenvalue weighted by atomic mass is 9.93. The molecule has 3 nitrogen and oxygen atoms in total. The van der Waals surface area contributed by atoms with E-state index in [9.17, 15) is 9.18 Å². The van der Waals surface area contributed by atoms with Crippen LogP contribution in [-0.2, 0) is 9.53 Å². The van der Waals surface area contributed by atoms with Gasteiger partial charge in [-0.05, 0) is 42.9 Å². The Hall–Kier alpha value is -1.42. The molecule has 0 aliphatic heterocycles. The molecule has 0 heterocycles. The number of halogens is 1. The molecule has 1 amide bonds. The van der Waals surface area contributed by atoms with Gasteiger partial charge in [0.2, 0.25) is 5.91 Å². The largest absolute Gasteiger partial charge is 0.385 e. The molecule has 0 fully saturated rings. The molecule has 1 aromatic carbocycles. The molecule has 0 saturated heterocycles. The van der Waals surface area contributed by atoms with Gasteiger partial charge in [0.1, 0.15) is 5.82 Å². The van der Waals surface area contributed by atoms with Crippen LogP contribution in [0.5, 0.6) is 0 Å². The van der Waals surface area contributed by atoms with E-state index in [0.717, 1.165) is 31.4 Å². The second-order valence-corrected chi connectivity index (χ2v) is 4.91. The Kier molecular flexibility index (Phi) is 7.88. The third kappa shape index (κ3) is 6.15. The predicted octanol–water partition coefficient (Wildman–Crippen LogP) is 3.25. The summed E-state index contributed by atoms with van der Waals surface area (Å²) in [5.74, 6) is -0.0423. The number of ether oxygens (including phenoxy) is 1. The lowest BCUT2D eigenvalue weighted by molar-refractivity contribution is -0.121. The van der Waals surface area contributed by atoms with Crippen LogP contribution >= 0.6 is 0 Å². The number of rotatable bonds is 9. The molecule has 1 aromatic rings. The summed E-state index contributed by atoms with van der Waals surface area (Å²) < 4.78 is 17.9. The highest BCUT2D eigenvalue weighted by Gasteiger charge is 2.14. The molecule has 1 N–H and O–H groups in total. The van der Waals surface area contributed by atoms with Crippen molar-refractivity contribution in [2.75, 3.05) is 20.3 Å². The molecule has 0 aliphatic carbocycles. The Labute approximate surface area is 120 Å². The van der Waals surface area contributed by atoms with Crippen molar-refractivity contribution in [1.29, 1.82) is 0 Å². The van der Waals surface area contributed by atoms with Crippen molar-refractivity contribution >= 4 is 5.91 Å². The summed E-state index contributed by atoms with van der Waals surface area (Å²) in [6.07, 6.45) is 3.19. The van der Waals surface area contributed by atoms with Crippen LogP contribution in [0.1, 0.15) is 44.1 Å². The van der Waals surface area contributed by atoms with Gasteiger partial charge in [-0.2, -0.15) is 0 Å². The number of carbonyl (C=O) groups excluding carboxylic acids is 1. The van der Waals surface area contributed by atoms with E-state index in [2.05, 4.69) is 5.32 Å². The SMILES string of the molecule is CCC(CC(=O)NCCCCOC)c1ccc(F)cc1. The number of carbonyl (C=O) groups is 1. The number of methoxy groups -OCH3 is 1. The van der Waals surface area contributed by atoms with Crippen LogP contribution in [0.25, 0.3) is 0 Å². The standard InChI is InChI=1S/C16H24FNO2/c1-3-13(14-6-8-15(17)9-7-14)12-16(19)18-10-4-5-11-20-2/h6-9,13H,3-5,10-12H2,1-2H3,(H,18,19). The lowest BCUT2D eigenvalue weighted by Gasteiger charge is -2.15. The van der Waals surface area contributed by atoms with Crippen LogP contribution in [0.4, 0.5) is 4.39 Å². The van der Waals surface area contributed by atoms with Crippen LogP contribution < -0.4 is 5.32 Å². The minimum atomic E-state index is -0.244. The van der Waals surface area contributed by atoms with Gasteiger partial charge in [0.15, 0.2) is 0 Å². The molecule has 0 aliphatic rings. The molecule has 4 heteroatoms. The molecule has 1 rings (SSSR count). The summed E-state index contributed by atoms with van der Waals surface area (Å²) in [5, 5.41) is 2.92. The number of hydrogen-bond acceptors (Lipinski definition) is 2. The van der Waals surface area contributed by atoms with Crippen LogP contribution in [0, 0.1) is 5.82 Å². The van der Waals surface area contributed by atoms with E-state index in [4.69, 9.17) is 4.74 Å². The molecule has 1 unspecified atom stereocenters. The fraction of sp³-hybridized carbons (Fsp3) is 0.562. The monoisotopic (exact) mass is 281 g/mol. The zero-order chi connectivity index (χ0) is 14.8. The molecule has 0 spiro atoms. The summed E-state index contributed by atoms with van der Waals surface area (Å²) in [6.45, 7) is 3.45. The van der Waals surface area contributed by atoms with E-state index in [1.54, 1.807) is 19.2 Å². The normalized spacial score (nSPS) is 12.2. The van der Waals surface area contributed by atoms with Gasteiger partial charge in [-0.15, -0.1) is 0 Å². The predicted molar refractivity (Wildman–Crippen MR) is 78.2 cm³/mol. The van der Waals surface area contributed by atoms with E-state index in [1.807, 2.05) is 6.92 Å². The first-order valence-electron chi connectivity index (χ1n) is 7.18. The van der Waals surface area contributed by atoms with E-state index < -0.39 is 0 Å². The molecule has 0 aromatic heterocycles. The molecular weight excluding hydrogens is 257 g/mol. The van der Waals surface area contributed by atoms with Crippen molar-refractivity contribution in [2.45, 2.75) is 38.5 Å². The molecule has 0 saturated carbocycles. The van der Waals surface area contributed by atoms with Crippen molar-refractivity contribution in [2.24, 2.45) is 0 Å². The number of unbranched alkanes of at least 4 members (excludes halogenated alkanes) is 1. The smallest absolute Gasteiger partial charge is 0.220 e. The van der Waals surface area contributed by atoms with E-state index in [0.29, 0.717) is 13.0 Å². The van der Waals surface area contributed by atoms with Crippen molar-refractivity contribution in [3.05, 3.63) is 35.6 Å². The van der Waals surface area contributed by atoms with Gasteiger partial charge < -0.3 is 10.1 Å². The Morgan fingerprint density at radius 1 is 1.30 bits per heavy atom. The van der Waals surface area contributed by atoms with Crippen molar-refractivity contribution in [3.63, 3.8) is 0 Å². The Bertz CT molecular complexity index is 392. The summed E-state index contributed by atoms with van der Waals surface area (Å²) in [5.41, 5.74) is 1.02. The number of benzene rings is 1. The quantitative estimate of drug-likeness (QED) is 0.706. The minimum absolute atomic E-state index is 0.0543. The molecule has 1 atom stereocenters. The summed E-state index contributed by atoms with van der Waals surface area (Å²) >= 11 is 0. The van der Waals surface area contributed by atoms with Crippen LogP contribution in [0.2, 0.25) is 0 Å². The van der Waals surface area contributed by atoms with Gasteiger partial charge in [-0.1, -0.05) is 19.1 Å². The summed E-state index contributed by atoms with van der Waals surface area (Å²) in [4.78, 5) is 11.9. The number of amides is 1. The summed E-state index contributed by atoms with van der Waals surface area (Å²) in [6, 6.07) is 6.41. The fourth-order valence-electron chi connectivity index (χ4n) is 2.13. The van der Waals surface area contributed by atoms with Gasteiger partial charge in [0, 0.05) is 26.7 Å². The molecule has 0 bridgehead atoms. The first-order valence-corrected chi connectivity index (χ1v) is 7.18. The second-order valence-electron chi connectivity index (χ2n) is 4.91. The number of nitrogens with one attached hydrogen (secondary N) is 1. The van der Waals surface area contributed by atoms with Gasteiger partial charge in [-0.3, -0.25) is 4.79 Å². The lowest BCUT2D eigenvalue weighted by Crippen LogP contribution is -2.26. The second kappa shape index (κ2) is 9.48.